The first kappa shape index (κ1) is 11.5. The Bertz CT molecular complexity index is 395. The fourth-order valence-corrected chi connectivity index (χ4v) is 2.74. The Balaban J connectivity index is 2.24. The first-order valence-corrected chi connectivity index (χ1v) is 6.09. The van der Waals surface area contributed by atoms with Crippen LogP contribution in [-0.2, 0) is 0 Å². The topological polar surface area (TPSA) is 37.3 Å². The molecule has 1 N–H and O–H groups in total. The van der Waals surface area contributed by atoms with Crippen molar-refractivity contribution in [2.24, 2.45) is 0 Å². The molecule has 1 fully saturated rings. The molecular formula is C13H15ClO2. The zero-order chi connectivity index (χ0) is 11.5. The first-order valence-electron chi connectivity index (χ1n) is 5.71. The highest BCUT2D eigenvalue weighted by molar-refractivity contribution is 6.31. The van der Waals surface area contributed by atoms with Crippen LogP contribution in [0.4, 0.5) is 0 Å². The molecule has 0 spiro atoms. The highest BCUT2D eigenvalue weighted by atomic mass is 35.5. The molecule has 0 atom stereocenters. The van der Waals surface area contributed by atoms with E-state index in [-0.39, 0.29) is 5.56 Å². The third-order valence-corrected chi connectivity index (χ3v) is 3.62. The largest absolute Gasteiger partial charge is 0.478 e. The lowest BCUT2D eigenvalue weighted by molar-refractivity contribution is 0.0697. The predicted octanol–water partition coefficient (Wildman–Crippen LogP) is 4.09. The van der Waals surface area contributed by atoms with Crippen molar-refractivity contribution in [3.8, 4) is 0 Å². The summed E-state index contributed by atoms with van der Waals surface area (Å²) in [4.78, 5) is 10.8. The lowest BCUT2D eigenvalue weighted by Gasteiger charge is -2.23. The molecule has 0 radical (unpaired) electrons. The second-order valence-electron chi connectivity index (χ2n) is 4.38. The Kier molecular flexibility index (Phi) is 3.49. The van der Waals surface area contributed by atoms with Crippen LogP contribution in [-0.4, -0.2) is 11.1 Å². The van der Waals surface area contributed by atoms with Crippen LogP contribution < -0.4 is 0 Å². The number of halogens is 1. The van der Waals surface area contributed by atoms with E-state index in [0.29, 0.717) is 10.9 Å². The molecule has 0 bridgehead atoms. The molecule has 1 aromatic carbocycles. The quantitative estimate of drug-likeness (QED) is 0.843. The van der Waals surface area contributed by atoms with Crippen LogP contribution in [0.15, 0.2) is 18.2 Å². The Hall–Kier alpha value is -1.02. The van der Waals surface area contributed by atoms with Gasteiger partial charge >= 0.3 is 5.97 Å². The van der Waals surface area contributed by atoms with Crippen LogP contribution in [0.3, 0.4) is 0 Å². The number of carbonyl (C=O) groups is 1. The summed E-state index contributed by atoms with van der Waals surface area (Å²) in [5.41, 5.74) is 1.39. The molecule has 3 heteroatoms. The summed E-state index contributed by atoms with van der Waals surface area (Å²) >= 11 is 6.14. The summed E-state index contributed by atoms with van der Waals surface area (Å²) in [6.07, 6.45) is 6.16. The van der Waals surface area contributed by atoms with Crippen molar-refractivity contribution in [2.45, 2.75) is 38.0 Å². The van der Waals surface area contributed by atoms with Crippen molar-refractivity contribution in [1.29, 1.82) is 0 Å². The third-order valence-electron chi connectivity index (χ3n) is 3.29. The minimum atomic E-state index is -0.919. The van der Waals surface area contributed by atoms with Crippen LogP contribution in [0.2, 0.25) is 5.02 Å². The van der Waals surface area contributed by atoms with E-state index >= 15 is 0 Å². The van der Waals surface area contributed by atoms with Crippen LogP contribution in [0.5, 0.6) is 0 Å². The molecule has 86 valence electrons. The second kappa shape index (κ2) is 4.88. The van der Waals surface area contributed by atoms with Crippen molar-refractivity contribution in [1.82, 2.24) is 0 Å². The van der Waals surface area contributed by atoms with Gasteiger partial charge in [-0.05, 0) is 36.5 Å². The van der Waals surface area contributed by atoms with Crippen molar-refractivity contribution in [3.63, 3.8) is 0 Å². The van der Waals surface area contributed by atoms with Gasteiger partial charge in [0, 0.05) is 5.02 Å². The SMILES string of the molecule is O=C(O)c1ccc(C2CCCCC2)c(Cl)c1. The van der Waals surface area contributed by atoms with Crippen LogP contribution in [0.25, 0.3) is 0 Å². The van der Waals surface area contributed by atoms with Crippen molar-refractivity contribution < 1.29 is 9.90 Å². The van der Waals surface area contributed by atoms with Crippen LogP contribution >= 0.6 is 11.6 Å². The van der Waals surface area contributed by atoms with Gasteiger partial charge in [0.25, 0.3) is 0 Å². The molecule has 16 heavy (non-hydrogen) atoms. The molecule has 0 saturated heterocycles. The van der Waals surface area contributed by atoms with Gasteiger partial charge in [-0.1, -0.05) is 36.9 Å². The fraction of sp³-hybridized carbons (Fsp3) is 0.462. The first-order chi connectivity index (χ1) is 7.68. The molecule has 1 aliphatic carbocycles. The number of rotatable bonds is 2. The molecule has 0 aliphatic heterocycles. The van der Waals surface area contributed by atoms with Gasteiger partial charge in [-0.3, -0.25) is 0 Å². The van der Waals surface area contributed by atoms with Gasteiger partial charge in [-0.15, -0.1) is 0 Å². The summed E-state index contributed by atoms with van der Waals surface area (Å²) in [5, 5.41) is 9.46. The number of hydrogen-bond donors (Lipinski definition) is 1. The zero-order valence-electron chi connectivity index (χ0n) is 9.08. The van der Waals surface area contributed by atoms with E-state index in [4.69, 9.17) is 16.7 Å². The van der Waals surface area contributed by atoms with Gasteiger partial charge in [-0.25, -0.2) is 4.79 Å². The van der Waals surface area contributed by atoms with Gasteiger partial charge in [0.1, 0.15) is 0 Å². The molecule has 2 nitrogen and oxygen atoms in total. The lowest BCUT2D eigenvalue weighted by atomic mass is 9.84. The fourth-order valence-electron chi connectivity index (χ4n) is 2.40. The van der Waals surface area contributed by atoms with E-state index in [1.54, 1.807) is 12.1 Å². The summed E-state index contributed by atoms with van der Waals surface area (Å²) in [6.45, 7) is 0. The Morgan fingerprint density at radius 3 is 2.50 bits per heavy atom. The Morgan fingerprint density at radius 1 is 1.25 bits per heavy atom. The third kappa shape index (κ3) is 2.38. The van der Waals surface area contributed by atoms with E-state index in [1.165, 1.54) is 32.1 Å². The van der Waals surface area contributed by atoms with E-state index in [1.807, 2.05) is 6.07 Å². The van der Waals surface area contributed by atoms with E-state index < -0.39 is 5.97 Å². The number of aromatic carboxylic acids is 1. The van der Waals surface area contributed by atoms with E-state index in [0.717, 1.165) is 5.56 Å². The molecule has 1 aliphatic rings. The minimum Gasteiger partial charge on any atom is -0.478 e. The normalized spacial score (nSPS) is 17.3. The van der Waals surface area contributed by atoms with E-state index in [2.05, 4.69) is 0 Å². The maximum absolute atomic E-state index is 10.8. The monoisotopic (exact) mass is 238 g/mol. The van der Waals surface area contributed by atoms with Crippen molar-refractivity contribution in [3.05, 3.63) is 34.3 Å². The average molecular weight is 239 g/mol. The standard InChI is InChI=1S/C13H15ClO2/c14-12-8-10(13(15)16)6-7-11(12)9-4-2-1-3-5-9/h6-9H,1-5H2,(H,15,16). The van der Waals surface area contributed by atoms with Crippen LogP contribution in [0, 0.1) is 0 Å². The Labute approximate surface area is 100 Å². The molecule has 1 aromatic rings. The van der Waals surface area contributed by atoms with E-state index in [9.17, 15) is 4.79 Å². The summed E-state index contributed by atoms with van der Waals surface area (Å²) in [5.74, 6) is -0.402. The van der Waals surface area contributed by atoms with Gasteiger partial charge in [0.15, 0.2) is 0 Å². The Morgan fingerprint density at radius 2 is 1.94 bits per heavy atom. The second-order valence-corrected chi connectivity index (χ2v) is 4.78. The number of carboxylic acids is 1. The van der Waals surface area contributed by atoms with Crippen molar-refractivity contribution >= 4 is 17.6 Å². The maximum Gasteiger partial charge on any atom is 0.335 e. The summed E-state index contributed by atoms with van der Waals surface area (Å²) in [6, 6.07) is 5.09. The van der Waals surface area contributed by atoms with Crippen LogP contribution in [0.1, 0.15) is 53.9 Å². The van der Waals surface area contributed by atoms with Gasteiger partial charge in [0.2, 0.25) is 0 Å². The van der Waals surface area contributed by atoms with Gasteiger partial charge in [0.05, 0.1) is 5.56 Å². The highest BCUT2D eigenvalue weighted by Gasteiger charge is 2.18. The molecule has 2 rings (SSSR count). The molecule has 0 unspecified atom stereocenters. The summed E-state index contributed by atoms with van der Waals surface area (Å²) < 4.78 is 0. The zero-order valence-corrected chi connectivity index (χ0v) is 9.83. The number of carboxylic acid groups (broad SMARTS) is 1. The highest BCUT2D eigenvalue weighted by Crippen LogP contribution is 2.36. The van der Waals surface area contributed by atoms with Gasteiger partial charge in [-0.2, -0.15) is 0 Å². The molecule has 1 saturated carbocycles. The molecule has 0 aromatic heterocycles. The minimum absolute atomic E-state index is 0.268. The van der Waals surface area contributed by atoms with Gasteiger partial charge < -0.3 is 5.11 Å². The smallest absolute Gasteiger partial charge is 0.335 e. The van der Waals surface area contributed by atoms with Crippen molar-refractivity contribution in [2.75, 3.05) is 0 Å². The molecular weight excluding hydrogens is 224 g/mol. The summed E-state index contributed by atoms with van der Waals surface area (Å²) in [7, 11) is 0. The maximum atomic E-state index is 10.8. The predicted molar refractivity (Wildman–Crippen MR) is 64.2 cm³/mol. The molecule has 0 heterocycles. The lowest BCUT2D eigenvalue weighted by Crippen LogP contribution is -2.06. The number of hydrogen-bond acceptors (Lipinski definition) is 1. The molecule has 0 amide bonds. The number of benzene rings is 1. The average Bonchev–Trinajstić information content (AvgIpc) is 2.30.